The van der Waals surface area contributed by atoms with E-state index in [9.17, 15) is 5.11 Å². The average molecular weight is 325 g/mol. The Labute approximate surface area is 144 Å². The molecule has 2 N–H and O–H groups in total. The van der Waals surface area contributed by atoms with Crippen molar-refractivity contribution in [2.24, 2.45) is 5.92 Å². The number of piperidine rings is 1. The van der Waals surface area contributed by atoms with Crippen LogP contribution in [0.25, 0.3) is 0 Å². The fraction of sp³-hybridized carbons (Fsp3) is 0.450. The van der Waals surface area contributed by atoms with E-state index in [0.29, 0.717) is 12.5 Å². The first-order valence-electron chi connectivity index (χ1n) is 8.85. The summed E-state index contributed by atoms with van der Waals surface area (Å²) in [5.41, 5.74) is 3.55. The Kier molecular flexibility index (Phi) is 5.83. The lowest BCUT2D eigenvalue weighted by Crippen LogP contribution is -2.34. The van der Waals surface area contributed by atoms with E-state index < -0.39 is 0 Å². The molecule has 0 unspecified atom stereocenters. The predicted octanol–water partition coefficient (Wildman–Crippen LogP) is 3.46. The normalized spacial score (nSPS) is 17.6. The molecule has 1 aliphatic heterocycles. The first-order valence-corrected chi connectivity index (χ1v) is 8.85. The van der Waals surface area contributed by atoms with E-state index in [-0.39, 0.29) is 6.04 Å². The second kappa shape index (κ2) is 8.27. The molecule has 1 aromatic carbocycles. The van der Waals surface area contributed by atoms with E-state index >= 15 is 0 Å². The van der Waals surface area contributed by atoms with Crippen LogP contribution in [-0.4, -0.2) is 34.7 Å². The minimum Gasteiger partial charge on any atom is -0.396 e. The lowest BCUT2D eigenvalue weighted by molar-refractivity contribution is 0.127. The molecule has 2 aromatic rings. The van der Waals surface area contributed by atoms with Crippen LogP contribution >= 0.6 is 0 Å². The molecule has 1 aromatic heterocycles. The van der Waals surface area contributed by atoms with Gasteiger partial charge in [-0.1, -0.05) is 24.3 Å². The van der Waals surface area contributed by atoms with Crippen molar-refractivity contribution in [2.75, 3.05) is 25.0 Å². The van der Waals surface area contributed by atoms with Crippen molar-refractivity contribution >= 4 is 5.69 Å². The van der Waals surface area contributed by atoms with Crippen LogP contribution in [0.5, 0.6) is 0 Å². The first kappa shape index (κ1) is 16.9. The predicted molar refractivity (Wildman–Crippen MR) is 97.8 cm³/mol. The Hall–Kier alpha value is -1.91. The second-order valence-electron chi connectivity index (χ2n) is 6.68. The number of aliphatic hydroxyl groups is 1. The molecule has 3 rings (SSSR count). The summed E-state index contributed by atoms with van der Waals surface area (Å²) < 4.78 is 0. The van der Waals surface area contributed by atoms with Gasteiger partial charge < -0.3 is 10.4 Å². The molecule has 128 valence electrons. The van der Waals surface area contributed by atoms with Crippen LogP contribution in [-0.2, 0) is 6.54 Å². The molecule has 0 radical (unpaired) electrons. The number of aromatic nitrogens is 1. The Morgan fingerprint density at radius 2 is 1.92 bits per heavy atom. The summed E-state index contributed by atoms with van der Waals surface area (Å²) in [5, 5.41) is 12.9. The van der Waals surface area contributed by atoms with E-state index in [1.54, 1.807) is 0 Å². The van der Waals surface area contributed by atoms with Crippen molar-refractivity contribution in [3.8, 4) is 0 Å². The molecule has 2 heterocycles. The SMILES string of the molecule is C[C@@H](Nc1ccccc1CN1CCC(CO)CC1)c1ccccn1. The third-order valence-corrected chi connectivity index (χ3v) is 4.88. The van der Waals surface area contributed by atoms with Crippen LogP contribution in [0.2, 0.25) is 0 Å². The Morgan fingerprint density at radius 3 is 2.62 bits per heavy atom. The van der Waals surface area contributed by atoms with Gasteiger partial charge in [0.15, 0.2) is 0 Å². The van der Waals surface area contributed by atoms with E-state index in [1.807, 2.05) is 18.3 Å². The fourth-order valence-corrected chi connectivity index (χ4v) is 3.31. The smallest absolute Gasteiger partial charge is 0.0657 e. The van der Waals surface area contributed by atoms with Crippen LogP contribution in [0.15, 0.2) is 48.7 Å². The van der Waals surface area contributed by atoms with Gasteiger partial charge in [0.2, 0.25) is 0 Å². The summed E-state index contributed by atoms with van der Waals surface area (Å²) in [6.07, 6.45) is 4.03. The minimum atomic E-state index is 0.174. The highest BCUT2D eigenvalue weighted by atomic mass is 16.3. The van der Waals surface area contributed by atoms with Gasteiger partial charge in [0.05, 0.1) is 11.7 Å². The van der Waals surface area contributed by atoms with Crippen LogP contribution in [0, 0.1) is 5.92 Å². The Balaban J connectivity index is 1.65. The van der Waals surface area contributed by atoms with Gasteiger partial charge in [0.25, 0.3) is 0 Å². The zero-order chi connectivity index (χ0) is 16.8. The molecule has 0 amide bonds. The molecule has 0 aliphatic carbocycles. The number of hydrogen-bond acceptors (Lipinski definition) is 4. The van der Waals surface area contributed by atoms with Gasteiger partial charge in [-0.3, -0.25) is 9.88 Å². The molecular formula is C20H27N3O. The van der Waals surface area contributed by atoms with Gasteiger partial charge in [-0.25, -0.2) is 0 Å². The molecule has 4 heteroatoms. The largest absolute Gasteiger partial charge is 0.396 e. The van der Waals surface area contributed by atoms with Gasteiger partial charge in [-0.15, -0.1) is 0 Å². The molecular weight excluding hydrogens is 298 g/mol. The second-order valence-corrected chi connectivity index (χ2v) is 6.68. The maximum Gasteiger partial charge on any atom is 0.0657 e. The van der Waals surface area contributed by atoms with Crippen LogP contribution in [0.3, 0.4) is 0 Å². The Bertz CT molecular complexity index is 624. The lowest BCUT2D eigenvalue weighted by atomic mass is 9.97. The van der Waals surface area contributed by atoms with Crippen molar-refractivity contribution in [1.29, 1.82) is 0 Å². The zero-order valence-corrected chi connectivity index (χ0v) is 14.4. The fourth-order valence-electron chi connectivity index (χ4n) is 3.31. The number of rotatable bonds is 6. The van der Waals surface area contributed by atoms with Gasteiger partial charge in [-0.05, 0) is 62.5 Å². The van der Waals surface area contributed by atoms with Crippen molar-refractivity contribution < 1.29 is 5.11 Å². The highest BCUT2D eigenvalue weighted by Gasteiger charge is 2.19. The van der Waals surface area contributed by atoms with Gasteiger partial charge >= 0.3 is 0 Å². The zero-order valence-electron chi connectivity index (χ0n) is 14.4. The number of nitrogens with zero attached hydrogens (tertiary/aromatic N) is 2. The number of anilines is 1. The highest BCUT2D eigenvalue weighted by Crippen LogP contribution is 2.25. The molecule has 0 saturated carbocycles. The van der Waals surface area contributed by atoms with Crippen LogP contribution in [0.1, 0.15) is 37.1 Å². The number of aliphatic hydroxyl groups excluding tert-OH is 1. The molecule has 1 aliphatic rings. The molecule has 1 atom stereocenters. The number of nitrogens with one attached hydrogen (secondary N) is 1. The van der Waals surface area contributed by atoms with Crippen molar-refractivity contribution in [3.05, 3.63) is 59.9 Å². The monoisotopic (exact) mass is 325 g/mol. The molecule has 0 bridgehead atoms. The molecule has 24 heavy (non-hydrogen) atoms. The summed E-state index contributed by atoms with van der Waals surface area (Å²) >= 11 is 0. The summed E-state index contributed by atoms with van der Waals surface area (Å²) in [5.74, 6) is 0.485. The van der Waals surface area contributed by atoms with Crippen molar-refractivity contribution in [3.63, 3.8) is 0 Å². The van der Waals surface area contributed by atoms with Gasteiger partial charge in [0.1, 0.15) is 0 Å². The molecule has 0 spiro atoms. The number of likely N-dealkylation sites (tertiary alicyclic amines) is 1. The maximum atomic E-state index is 9.28. The third-order valence-electron chi connectivity index (χ3n) is 4.88. The number of hydrogen-bond donors (Lipinski definition) is 2. The quantitative estimate of drug-likeness (QED) is 0.854. The van der Waals surface area contributed by atoms with Gasteiger partial charge in [0, 0.05) is 25.0 Å². The molecule has 4 nitrogen and oxygen atoms in total. The van der Waals surface area contributed by atoms with E-state index in [4.69, 9.17) is 0 Å². The summed E-state index contributed by atoms with van der Waals surface area (Å²) in [6.45, 7) is 5.56. The summed E-state index contributed by atoms with van der Waals surface area (Å²) in [7, 11) is 0. The van der Waals surface area contributed by atoms with Crippen LogP contribution < -0.4 is 5.32 Å². The van der Waals surface area contributed by atoms with E-state index in [2.05, 4.69) is 52.5 Å². The minimum absolute atomic E-state index is 0.174. The van der Waals surface area contributed by atoms with Crippen molar-refractivity contribution in [1.82, 2.24) is 9.88 Å². The number of pyridine rings is 1. The average Bonchev–Trinajstić information content (AvgIpc) is 2.64. The first-order chi connectivity index (χ1) is 11.8. The van der Waals surface area contributed by atoms with E-state index in [0.717, 1.165) is 38.2 Å². The summed E-state index contributed by atoms with van der Waals surface area (Å²) in [6, 6.07) is 14.7. The number of benzene rings is 1. The Morgan fingerprint density at radius 1 is 1.17 bits per heavy atom. The molecule has 1 fully saturated rings. The highest BCUT2D eigenvalue weighted by molar-refractivity contribution is 5.52. The topological polar surface area (TPSA) is 48.4 Å². The molecule has 1 saturated heterocycles. The van der Waals surface area contributed by atoms with Gasteiger partial charge in [-0.2, -0.15) is 0 Å². The lowest BCUT2D eigenvalue weighted by Gasteiger charge is -2.31. The summed E-state index contributed by atoms with van der Waals surface area (Å²) in [4.78, 5) is 6.93. The third kappa shape index (κ3) is 4.34. The maximum absolute atomic E-state index is 9.28. The van der Waals surface area contributed by atoms with Crippen molar-refractivity contribution in [2.45, 2.75) is 32.4 Å². The number of para-hydroxylation sites is 1. The van der Waals surface area contributed by atoms with E-state index in [1.165, 1.54) is 11.3 Å². The van der Waals surface area contributed by atoms with Crippen LogP contribution in [0.4, 0.5) is 5.69 Å². The standard InChI is InChI=1S/C20H27N3O/c1-16(19-7-4-5-11-21-19)22-20-8-3-2-6-18(20)14-23-12-9-17(15-24)10-13-23/h2-8,11,16-17,22,24H,9-10,12-15H2,1H3/t16-/m1/s1.